The van der Waals surface area contributed by atoms with Gasteiger partial charge in [-0.15, -0.1) is 0 Å². The average Bonchev–Trinajstić information content (AvgIpc) is 3.15. The van der Waals surface area contributed by atoms with E-state index < -0.39 is 0 Å². The van der Waals surface area contributed by atoms with Gasteiger partial charge < -0.3 is 14.8 Å². The number of allylic oxidation sites excluding steroid dienone is 1. The Kier molecular flexibility index (Phi) is 7.08. The Hall–Kier alpha value is -3.22. The molecule has 3 fully saturated rings. The number of pyridine rings is 1. The van der Waals surface area contributed by atoms with E-state index in [2.05, 4.69) is 16.4 Å². The van der Waals surface area contributed by atoms with Crippen LogP contribution >= 0.6 is 0 Å². The number of nitrogens with one attached hydrogen (secondary N) is 1. The largest absolute Gasteiger partial charge is 0.462 e. The van der Waals surface area contributed by atoms with E-state index in [1.54, 1.807) is 19.2 Å². The third-order valence-electron chi connectivity index (χ3n) is 8.18. The molecule has 6 nitrogen and oxygen atoms in total. The summed E-state index contributed by atoms with van der Waals surface area (Å²) in [5, 5.41) is 3.00. The van der Waals surface area contributed by atoms with Crippen molar-refractivity contribution >= 4 is 18.1 Å². The number of aromatic nitrogens is 1. The van der Waals surface area contributed by atoms with Crippen molar-refractivity contribution in [3.05, 3.63) is 60.2 Å². The van der Waals surface area contributed by atoms with Gasteiger partial charge in [0.25, 0.3) is 0 Å². The summed E-state index contributed by atoms with van der Waals surface area (Å²) in [5.74, 6) is 0.629. The number of esters is 1. The van der Waals surface area contributed by atoms with Gasteiger partial charge in [-0.25, -0.2) is 9.18 Å². The summed E-state index contributed by atoms with van der Waals surface area (Å²) in [7, 11) is 0. The molecule has 5 rings (SSSR count). The maximum absolute atomic E-state index is 13.6. The number of ether oxygens (including phenoxy) is 2. The van der Waals surface area contributed by atoms with Crippen molar-refractivity contribution in [2.75, 3.05) is 6.61 Å². The molecule has 7 heteroatoms. The maximum Gasteiger partial charge on any atom is 0.407 e. The highest BCUT2D eigenvalue weighted by molar-refractivity contribution is 5.75. The monoisotopic (exact) mass is 492 g/mol. The highest BCUT2D eigenvalue weighted by atomic mass is 19.1. The van der Waals surface area contributed by atoms with Gasteiger partial charge in [0.15, 0.2) is 0 Å². The number of rotatable bonds is 5. The predicted octanol–water partition coefficient (Wildman–Crippen LogP) is 5.63. The Labute approximate surface area is 211 Å². The summed E-state index contributed by atoms with van der Waals surface area (Å²) in [4.78, 5) is 29.2. The molecule has 0 spiro atoms. The number of fused-ring (bicyclic) bond motifs is 2. The summed E-state index contributed by atoms with van der Waals surface area (Å²) < 4.78 is 24.3. The summed E-state index contributed by atoms with van der Waals surface area (Å²) in [6, 6.07) is 10.4. The minimum absolute atomic E-state index is 0.0679. The van der Waals surface area contributed by atoms with E-state index in [1.165, 1.54) is 12.1 Å². The summed E-state index contributed by atoms with van der Waals surface area (Å²) in [6.07, 6.45) is 9.07. The first-order valence-corrected chi connectivity index (χ1v) is 13.0. The molecule has 2 saturated carbocycles. The molecule has 1 saturated heterocycles. The van der Waals surface area contributed by atoms with Crippen LogP contribution in [-0.4, -0.2) is 35.8 Å². The van der Waals surface area contributed by atoms with E-state index in [0.717, 1.165) is 42.5 Å². The Bertz CT molecular complexity index is 1130. The van der Waals surface area contributed by atoms with Gasteiger partial charge >= 0.3 is 12.1 Å². The van der Waals surface area contributed by atoms with Gasteiger partial charge in [0.05, 0.1) is 18.2 Å². The first-order valence-electron chi connectivity index (χ1n) is 13.0. The van der Waals surface area contributed by atoms with Gasteiger partial charge in [-0.05, 0) is 87.1 Å². The topological polar surface area (TPSA) is 77.5 Å². The Morgan fingerprint density at radius 2 is 2.08 bits per heavy atom. The van der Waals surface area contributed by atoms with Crippen LogP contribution in [0, 0.1) is 35.4 Å². The minimum atomic E-state index is -0.368. The van der Waals surface area contributed by atoms with Gasteiger partial charge in [0.2, 0.25) is 0 Å². The highest BCUT2D eigenvalue weighted by Gasteiger charge is 2.54. The van der Waals surface area contributed by atoms with Crippen LogP contribution in [0.4, 0.5) is 9.18 Å². The van der Waals surface area contributed by atoms with Gasteiger partial charge in [-0.2, -0.15) is 0 Å². The van der Waals surface area contributed by atoms with Crippen LogP contribution in [-0.2, 0) is 14.3 Å². The second kappa shape index (κ2) is 10.4. The van der Waals surface area contributed by atoms with Gasteiger partial charge in [-0.3, -0.25) is 9.78 Å². The lowest BCUT2D eigenvalue weighted by atomic mass is 9.57. The zero-order chi connectivity index (χ0) is 25.2. The minimum Gasteiger partial charge on any atom is -0.462 e. The number of amides is 1. The number of halogens is 1. The number of carbonyl (C=O) groups is 2. The molecule has 0 bridgehead atoms. The Morgan fingerprint density at radius 3 is 2.83 bits per heavy atom. The van der Waals surface area contributed by atoms with Gasteiger partial charge in [-0.1, -0.05) is 24.3 Å². The lowest BCUT2D eigenvalue weighted by Crippen LogP contribution is -2.48. The second-order valence-corrected chi connectivity index (χ2v) is 10.3. The fourth-order valence-corrected chi connectivity index (χ4v) is 6.64. The molecule has 1 aliphatic heterocycles. The summed E-state index contributed by atoms with van der Waals surface area (Å²) >= 11 is 0. The zero-order valence-electron chi connectivity index (χ0n) is 20.7. The average molecular weight is 493 g/mol. The van der Waals surface area contributed by atoms with Crippen molar-refractivity contribution in [1.82, 2.24) is 10.3 Å². The predicted molar refractivity (Wildman–Crippen MR) is 134 cm³/mol. The molecule has 1 amide bonds. The van der Waals surface area contributed by atoms with Gasteiger partial charge in [0.1, 0.15) is 11.9 Å². The van der Waals surface area contributed by atoms with Crippen molar-refractivity contribution in [1.29, 1.82) is 0 Å². The third kappa shape index (κ3) is 5.01. The van der Waals surface area contributed by atoms with E-state index in [1.807, 2.05) is 31.2 Å². The molecule has 1 N–H and O–H groups in total. The van der Waals surface area contributed by atoms with Crippen LogP contribution in [0.15, 0.2) is 48.7 Å². The first-order chi connectivity index (χ1) is 17.4. The first kappa shape index (κ1) is 24.5. The number of hydrogen-bond donors (Lipinski definition) is 1. The molecule has 2 aromatic rings. The van der Waals surface area contributed by atoms with Crippen molar-refractivity contribution < 1.29 is 23.5 Å². The smallest absolute Gasteiger partial charge is 0.407 e. The van der Waals surface area contributed by atoms with Crippen LogP contribution in [0.3, 0.4) is 0 Å². The summed E-state index contributed by atoms with van der Waals surface area (Å²) in [6.45, 7) is 4.15. The SMILES string of the molecule is CCOC(=O)N[C@H]1CC[C@H]2[C@H](C1)C[C@@H]1C(=O)O[C@@H](C)[C@@H]1[C@@H]2/C=C/c1ccc(-c2cccc(F)c2)cn1. The fraction of sp³-hybridized carbons (Fsp3) is 0.483. The second-order valence-electron chi connectivity index (χ2n) is 10.3. The van der Waals surface area contributed by atoms with Crippen molar-refractivity contribution in [3.8, 4) is 11.1 Å². The number of hydrogen-bond acceptors (Lipinski definition) is 5. The molecule has 0 radical (unpaired) electrons. The highest BCUT2D eigenvalue weighted by Crippen LogP contribution is 2.53. The summed E-state index contributed by atoms with van der Waals surface area (Å²) in [5.41, 5.74) is 2.48. The quantitative estimate of drug-likeness (QED) is 0.548. The number of nitrogens with zero attached hydrogens (tertiary/aromatic N) is 1. The number of carbonyl (C=O) groups excluding carboxylic acids is 2. The van der Waals surface area contributed by atoms with E-state index in [4.69, 9.17) is 9.47 Å². The van der Waals surface area contributed by atoms with E-state index in [-0.39, 0.29) is 47.8 Å². The molecule has 3 aliphatic rings. The normalized spacial score (nSPS) is 31.4. The molecule has 0 unspecified atom stereocenters. The number of cyclic esters (lactones) is 1. The van der Waals surface area contributed by atoms with Crippen LogP contribution < -0.4 is 5.32 Å². The van der Waals surface area contributed by atoms with E-state index >= 15 is 0 Å². The molecule has 36 heavy (non-hydrogen) atoms. The van der Waals surface area contributed by atoms with E-state index in [9.17, 15) is 14.0 Å². The van der Waals surface area contributed by atoms with Gasteiger partial charge in [0, 0.05) is 23.7 Å². The molecule has 1 aromatic heterocycles. The van der Waals surface area contributed by atoms with Crippen LogP contribution in [0.1, 0.15) is 45.2 Å². The van der Waals surface area contributed by atoms with Crippen molar-refractivity contribution in [2.45, 2.75) is 51.7 Å². The fourth-order valence-electron chi connectivity index (χ4n) is 6.64. The third-order valence-corrected chi connectivity index (χ3v) is 8.18. The molecule has 2 aliphatic carbocycles. The Balaban J connectivity index is 1.34. The molecule has 1 aromatic carbocycles. The van der Waals surface area contributed by atoms with E-state index in [0.29, 0.717) is 18.4 Å². The maximum atomic E-state index is 13.6. The Morgan fingerprint density at radius 1 is 1.22 bits per heavy atom. The van der Waals surface area contributed by atoms with Crippen molar-refractivity contribution in [3.63, 3.8) is 0 Å². The lowest BCUT2D eigenvalue weighted by molar-refractivity contribution is -0.144. The molecule has 2 heterocycles. The van der Waals surface area contributed by atoms with Crippen LogP contribution in [0.2, 0.25) is 0 Å². The lowest BCUT2D eigenvalue weighted by Gasteiger charge is -2.47. The molecule has 7 atom stereocenters. The van der Waals surface area contributed by atoms with Crippen molar-refractivity contribution in [2.24, 2.45) is 29.6 Å². The van der Waals surface area contributed by atoms with Crippen LogP contribution in [0.5, 0.6) is 0 Å². The van der Waals surface area contributed by atoms with Crippen LogP contribution in [0.25, 0.3) is 17.2 Å². The molecular formula is C29H33FN2O4. The number of benzene rings is 1. The number of alkyl carbamates (subject to hydrolysis) is 1. The standard InChI is InChI=1S/C29H33FN2O4/c1-3-35-29(34)32-23-10-11-24-20(14-23)15-26-27(17(2)36-28(26)33)25(24)12-9-22-8-7-19(16-31-22)18-5-4-6-21(30)13-18/h4-9,12-13,16-17,20,23-27H,3,10-11,14-15H2,1-2H3,(H,32,34)/b12-9+/t17-,20+,23-,24-,25+,26-,27+/m0/s1. The zero-order valence-corrected chi connectivity index (χ0v) is 20.7. The molecule has 190 valence electrons. The molecular weight excluding hydrogens is 459 g/mol.